The molecule has 0 saturated heterocycles. The van der Waals surface area contributed by atoms with Crippen LogP contribution in [0.25, 0.3) is 5.69 Å². The molecule has 2 aromatic carbocycles. The Morgan fingerprint density at radius 2 is 1.92 bits per heavy atom. The standard InChI is InChI=1S/C19H17ClN4O2/c1-2-17-16(18(21)25)11-22-24(17)15-8-6-14(7-9-15)23-19(26)12-4-3-5-13(20)10-12/h3-11H,2H2,1H3,(H2,21,25)(H,23,26). The molecule has 1 heterocycles. The second-order valence-corrected chi connectivity index (χ2v) is 6.08. The molecule has 0 fully saturated rings. The van der Waals surface area contributed by atoms with Crippen molar-refractivity contribution in [3.8, 4) is 5.69 Å². The summed E-state index contributed by atoms with van der Waals surface area (Å²) in [5.41, 5.74) is 8.42. The van der Waals surface area contributed by atoms with Crippen LogP contribution < -0.4 is 11.1 Å². The number of carbonyl (C=O) groups is 2. The molecule has 3 N–H and O–H groups in total. The highest BCUT2D eigenvalue weighted by Gasteiger charge is 2.14. The topological polar surface area (TPSA) is 90.0 Å². The molecule has 0 saturated carbocycles. The second kappa shape index (κ2) is 7.41. The number of carbonyl (C=O) groups excluding carboxylic acids is 2. The van der Waals surface area contributed by atoms with Crippen molar-refractivity contribution in [1.29, 1.82) is 0 Å². The number of halogens is 1. The summed E-state index contributed by atoms with van der Waals surface area (Å²) in [5.74, 6) is -0.747. The number of anilines is 1. The van der Waals surface area contributed by atoms with Gasteiger partial charge in [-0.05, 0) is 48.9 Å². The molecule has 1 aromatic heterocycles. The van der Waals surface area contributed by atoms with Crippen LogP contribution in [-0.2, 0) is 6.42 Å². The van der Waals surface area contributed by atoms with Crippen LogP contribution in [0.5, 0.6) is 0 Å². The van der Waals surface area contributed by atoms with E-state index in [1.54, 1.807) is 41.1 Å². The second-order valence-electron chi connectivity index (χ2n) is 5.65. The van der Waals surface area contributed by atoms with Gasteiger partial charge in [0.1, 0.15) is 0 Å². The molecule has 0 aliphatic carbocycles. The number of nitrogens with two attached hydrogens (primary N) is 1. The number of aromatic nitrogens is 2. The third-order valence-electron chi connectivity index (χ3n) is 3.93. The molecule has 0 aliphatic rings. The van der Waals surface area contributed by atoms with Crippen molar-refractivity contribution in [1.82, 2.24) is 9.78 Å². The van der Waals surface area contributed by atoms with Crippen LogP contribution in [0.2, 0.25) is 5.02 Å². The molecule has 0 spiro atoms. The van der Waals surface area contributed by atoms with Crippen LogP contribution in [0.3, 0.4) is 0 Å². The zero-order chi connectivity index (χ0) is 18.7. The van der Waals surface area contributed by atoms with Crippen molar-refractivity contribution in [3.63, 3.8) is 0 Å². The van der Waals surface area contributed by atoms with Gasteiger partial charge in [-0.25, -0.2) is 4.68 Å². The van der Waals surface area contributed by atoms with Gasteiger partial charge >= 0.3 is 0 Å². The van der Waals surface area contributed by atoms with Crippen molar-refractivity contribution in [2.45, 2.75) is 13.3 Å². The molecule has 3 rings (SSSR count). The summed E-state index contributed by atoms with van der Waals surface area (Å²) < 4.78 is 1.67. The number of benzene rings is 2. The zero-order valence-corrected chi connectivity index (χ0v) is 14.8. The van der Waals surface area contributed by atoms with Crippen LogP contribution in [0.1, 0.15) is 33.3 Å². The highest BCUT2D eigenvalue weighted by molar-refractivity contribution is 6.31. The van der Waals surface area contributed by atoms with E-state index in [0.717, 1.165) is 11.4 Å². The van der Waals surface area contributed by atoms with E-state index in [9.17, 15) is 9.59 Å². The number of rotatable bonds is 5. The summed E-state index contributed by atoms with van der Waals surface area (Å²) in [7, 11) is 0. The molecule has 7 heteroatoms. The predicted molar refractivity (Wildman–Crippen MR) is 101 cm³/mol. The summed E-state index contributed by atoms with van der Waals surface area (Å²) in [6.45, 7) is 1.93. The van der Waals surface area contributed by atoms with E-state index >= 15 is 0 Å². The fourth-order valence-corrected chi connectivity index (χ4v) is 2.85. The van der Waals surface area contributed by atoms with Gasteiger partial charge in [0.15, 0.2) is 0 Å². The van der Waals surface area contributed by atoms with Crippen LogP contribution >= 0.6 is 11.6 Å². The normalized spacial score (nSPS) is 10.5. The number of hydrogen-bond donors (Lipinski definition) is 2. The van der Waals surface area contributed by atoms with Crippen molar-refractivity contribution < 1.29 is 9.59 Å². The van der Waals surface area contributed by atoms with Crippen molar-refractivity contribution >= 4 is 29.1 Å². The molecule has 0 unspecified atom stereocenters. The van der Waals surface area contributed by atoms with Crippen molar-refractivity contribution in [2.24, 2.45) is 5.73 Å². The third-order valence-corrected chi connectivity index (χ3v) is 4.16. The molecule has 2 amide bonds. The van der Waals surface area contributed by atoms with Crippen LogP contribution in [0.15, 0.2) is 54.7 Å². The summed E-state index contributed by atoms with van der Waals surface area (Å²) in [5, 5.41) is 7.56. The first-order valence-corrected chi connectivity index (χ1v) is 8.41. The SMILES string of the molecule is CCc1c(C(N)=O)cnn1-c1ccc(NC(=O)c2cccc(Cl)c2)cc1. The van der Waals surface area contributed by atoms with Gasteiger partial charge < -0.3 is 11.1 Å². The molecule has 0 bridgehead atoms. The average molecular weight is 369 g/mol. The van der Waals surface area contributed by atoms with Gasteiger partial charge in [-0.1, -0.05) is 24.6 Å². The number of amides is 2. The first-order chi connectivity index (χ1) is 12.5. The van der Waals surface area contributed by atoms with E-state index < -0.39 is 5.91 Å². The maximum Gasteiger partial charge on any atom is 0.255 e. The van der Waals surface area contributed by atoms with E-state index in [0.29, 0.717) is 28.3 Å². The smallest absolute Gasteiger partial charge is 0.255 e. The lowest BCUT2D eigenvalue weighted by atomic mass is 10.2. The van der Waals surface area contributed by atoms with Gasteiger partial charge in [0, 0.05) is 16.3 Å². The summed E-state index contributed by atoms with van der Waals surface area (Å²) in [6, 6.07) is 13.9. The van der Waals surface area contributed by atoms with Crippen molar-refractivity contribution in [2.75, 3.05) is 5.32 Å². The van der Waals surface area contributed by atoms with Crippen LogP contribution in [0, 0.1) is 0 Å². The number of primary amides is 1. The molecular weight excluding hydrogens is 352 g/mol. The molecular formula is C19H17ClN4O2. The van der Waals surface area contributed by atoms with Crippen LogP contribution in [-0.4, -0.2) is 21.6 Å². The Kier molecular flexibility index (Phi) is 5.04. The van der Waals surface area contributed by atoms with E-state index in [-0.39, 0.29) is 5.91 Å². The fraction of sp³-hybridized carbons (Fsp3) is 0.105. The predicted octanol–water partition coefficient (Wildman–Crippen LogP) is 3.44. The Labute approximate surface area is 155 Å². The Hall–Kier alpha value is -3.12. The lowest BCUT2D eigenvalue weighted by molar-refractivity contribution is 0.0996. The summed E-state index contributed by atoms with van der Waals surface area (Å²) >= 11 is 5.91. The lowest BCUT2D eigenvalue weighted by Crippen LogP contribution is -2.14. The van der Waals surface area contributed by atoms with Gasteiger partial charge in [0.05, 0.1) is 23.1 Å². The minimum absolute atomic E-state index is 0.246. The van der Waals surface area contributed by atoms with Gasteiger partial charge in [-0.3, -0.25) is 9.59 Å². The first kappa shape index (κ1) is 17.7. The molecule has 0 atom stereocenters. The molecule has 26 heavy (non-hydrogen) atoms. The lowest BCUT2D eigenvalue weighted by Gasteiger charge is -2.09. The highest BCUT2D eigenvalue weighted by Crippen LogP contribution is 2.19. The van der Waals surface area contributed by atoms with Gasteiger partial charge in [-0.2, -0.15) is 5.10 Å². The first-order valence-electron chi connectivity index (χ1n) is 8.03. The Morgan fingerprint density at radius 3 is 2.54 bits per heavy atom. The molecule has 6 nitrogen and oxygen atoms in total. The minimum atomic E-state index is -0.501. The van der Waals surface area contributed by atoms with Gasteiger partial charge in [0.2, 0.25) is 0 Å². The van der Waals surface area contributed by atoms with E-state index in [1.807, 2.05) is 19.1 Å². The minimum Gasteiger partial charge on any atom is -0.365 e. The highest BCUT2D eigenvalue weighted by atomic mass is 35.5. The Morgan fingerprint density at radius 1 is 1.19 bits per heavy atom. The molecule has 3 aromatic rings. The van der Waals surface area contributed by atoms with E-state index in [1.165, 1.54) is 6.20 Å². The van der Waals surface area contributed by atoms with Gasteiger partial charge in [0.25, 0.3) is 11.8 Å². The largest absolute Gasteiger partial charge is 0.365 e. The Bertz CT molecular complexity index is 964. The Balaban J connectivity index is 1.81. The van der Waals surface area contributed by atoms with Crippen molar-refractivity contribution in [3.05, 3.63) is 76.6 Å². The maximum atomic E-state index is 12.3. The number of nitrogens with zero attached hydrogens (tertiary/aromatic N) is 2. The summed E-state index contributed by atoms with van der Waals surface area (Å²) in [6.07, 6.45) is 2.08. The molecule has 132 valence electrons. The third kappa shape index (κ3) is 3.60. The van der Waals surface area contributed by atoms with Gasteiger partial charge in [-0.15, -0.1) is 0 Å². The fourth-order valence-electron chi connectivity index (χ4n) is 2.66. The average Bonchev–Trinajstić information content (AvgIpc) is 3.06. The van der Waals surface area contributed by atoms with Crippen LogP contribution in [0.4, 0.5) is 5.69 Å². The quantitative estimate of drug-likeness (QED) is 0.722. The molecule has 0 radical (unpaired) electrons. The summed E-state index contributed by atoms with van der Waals surface area (Å²) in [4.78, 5) is 23.7. The van der Waals surface area contributed by atoms with E-state index in [4.69, 9.17) is 17.3 Å². The zero-order valence-electron chi connectivity index (χ0n) is 14.1. The van der Waals surface area contributed by atoms with E-state index in [2.05, 4.69) is 10.4 Å². The monoisotopic (exact) mass is 368 g/mol. The molecule has 0 aliphatic heterocycles. The number of nitrogens with one attached hydrogen (secondary N) is 1. The number of hydrogen-bond acceptors (Lipinski definition) is 3. The maximum absolute atomic E-state index is 12.3.